The van der Waals surface area contributed by atoms with Crippen LogP contribution in [0.3, 0.4) is 0 Å². The SMILES string of the molecule is Cc1ccc(-c2ccc([N+](=O)[O-])cc2CN)cc1. The van der Waals surface area contributed by atoms with Crippen LogP contribution in [0.25, 0.3) is 11.1 Å². The van der Waals surface area contributed by atoms with E-state index in [-0.39, 0.29) is 12.2 Å². The lowest BCUT2D eigenvalue weighted by Gasteiger charge is -2.08. The minimum Gasteiger partial charge on any atom is -0.326 e. The molecule has 2 aromatic carbocycles. The molecule has 2 aromatic rings. The summed E-state index contributed by atoms with van der Waals surface area (Å²) >= 11 is 0. The minimum absolute atomic E-state index is 0.0753. The zero-order valence-electron chi connectivity index (χ0n) is 10.1. The number of benzene rings is 2. The summed E-state index contributed by atoms with van der Waals surface area (Å²) in [7, 11) is 0. The van der Waals surface area contributed by atoms with E-state index >= 15 is 0 Å². The van der Waals surface area contributed by atoms with Gasteiger partial charge in [-0.15, -0.1) is 0 Å². The Labute approximate surface area is 105 Å². The van der Waals surface area contributed by atoms with Crippen molar-refractivity contribution in [1.82, 2.24) is 0 Å². The van der Waals surface area contributed by atoms with Gasteiger partial charge in [0, 0.05) is 18.7 Å². The predicted molar refractivity (Wildman–Crippen MR) is 71.2 cm³/mol. The Morgan fingerprint density at radius 3 is 2.39 bits per heavy atom. The van der Waals surface area contributed by atoms with Gasteiger partial charge < -0.3 is 5.73 Å². The van der Waals surface area contributed by atoms with Crippen LogP contribution in [0, 0.1) is 17.0 Å². The first kappa shape index (κ1) is 12.3. The Balaban J connectivity index is 2.50. The Morgan fingerprint density at radius 1 is 1.17 bits per heavy atom. The molecule has 0 aliphatic carbocycles. The van der Waals surface area contributed by atoms with E-state index in [1.165, 1.54) is 17.7 Å². The Hall–Kier alpha value is -2.20. The molecule has 0 saturated heterocycles. The molecular formula is C14H14N2O2. The lowest BCUT2D eigenvalue weighted by atomic mass is 9.98. The van der Waals surface area contributed by atoms with Crippen molar-refractivity contribution in [3.8, 4) is 11.1 Å². The Morgan fingerprint density at radius 2 is 1.83 bits per heavy atom. The molecule has 0 aliphatic heterocycles. The van der Waals surface area contributed by atoms with E-state index in [1.807, 2.05) is 31.2 Å². The third-order valence-electron chi connectivity index (χ3n) is 2.88. The number of hydrogen-bond acceptors (Lipinski definition) is 3. The molecule has 0 heterocycles. The highest BCUT2D eigenvalue weighted by Crippen LogP contribution is 2.27. The van der Waals surface area contributed by atoms with E-state index in [0.717, 1.165) is 16.7 Å². The van der Waals surface area contributed by atoms with Crippen molar-refractivity contribution < 1.29 is 4.92 Å². The fraction of sp³-hybridized carbons (Fsp3) is 0.143. The zero-order chi connectivity index (χ0) is 13.1. The molecule has 18 heavy (non-hydrogen) atoms. The van der Waals surface area contributed by atoms with E-state index < -0.39 is 4.92 Å². The standard InChI is InChI=1S/C14H14N2O2/c1-10-2-4-11(5-3-10)14-7-6-13(16(17)18)8-12(14)9-15/h2-8H,9,15H2,1H3. The highest BCUT2D eigenvalue weighted by Gasteiger charge is 2.10. The van der Waals surface area contributed by atoms with Crippen molar-refractivity contribution in [3.63, 3.8) is 0 Å². The van der Waals surface area contributed by atoms with Gasteiger partial charge in [-0.1, -0.05) is 29.8 Å². The summed E-state index contributed by atoms with van der Waals surface area (Å²) in [5, 5.41) is 10.7. The molecule has 0 atom stereocenters. The average Bonchev–Trinajstić information content (AvgIpc) is 2.39. The van der Waals surface area contributed by atoms with E-state index in [9.17, 15) is 10.1 Å². The maximum absolute atomic E-state index is 10.7. The number of nitrogens with zero attached hydrogens (tertiary/aromatic N) is 1. The second kappa shape index (κ2) is 4.98. The van der Waals surface area contributed by atoms with Crippen LogP contribution in [0.1, 0.15) is 11.1 Å². The summed E-state index contributed by atoms with van der Waals surface area (Å²) in [6.45, 7) is 2.30. The van der Waals surface area contributed by atoms with Crippen molar-refractivity contribution >= 4 is 5.69 Å². The monoisotopic (exact) mass is 242 g/mol. The number of nitrogens with two attached hydrogens (primary N) is 1. The number of hydrogen-bond donors (Lipinski definition) is 1. The van der Waals surface area contributed by atoms with Gasteiger partial charge in [-0.3, -0.25) is 10.1 Å². The molecule has 0 unspecified atom stereocenters. The van der Waals surface area contributed by atoms with Crippen LogP contribution in [0.2, 0.25) is 0 Å². The van der Waals surface area contributed by atoms with Crippen LogP contribution in [-0.4, -0.2) is 4.92 Å². The molecular weight excluding hydrogens is 228 g/mol. The third kappa shape index (κ3) is 2.38. The lowest BCUT2D eigenvalue weighted by molar-refractivity contribution is -0.384. The largest absolute Gasteiger partial charge is 0.326 e. The molecule has 2 N–H and O–H groups in total. The van der Waals surface area contributed by atoms with Gasteiger partial charge in [0.25, 0.3) is 5.69 Å². The summed E-state index contributed by atoms with van der Waals surface area (Å²) in [4.78, 5) is 10.3. The molecule has 0 aliphatic rings. The van der Waals surface area contributed by atoms with Crippen molar-refractivity contribution in [2.75, 3.05) is 0 Å². The fourth-order valence-electron chi connectivity index (χ4n) is 1.88. The normalized spacial score (nSPS) is 10.3. The summed E-state index contributed by atoms with van der Waals surface area (Å²) in [6.07, 6.45) is 0. The Kier molecular flexibility index (Phi) is 3.39. The lowest BCUT2D eigenvalue weighted by Crippen LogP contribution is -2.00. The van der Waals surface area contributed by atoms with Gasteiger partial charge in [-0.25, -0.2) is 0 Å². The highest BCUT2D eigenvalue weighted by atomic mass is 16.6. The van der Waals surface area contributed by atoms with Gasteiger partial charge in [-0.05, 0) is 29.7 Å². The molecule has 0 bridgehead atoms. The van der Waals surface area contributed by atoms with E-state index in [1.54, 1.807) is 6.07 Å². The third-order valence-corrected chi connectivity index (χ3v) is 2.88. The van der Waals surface area contributed by atoms with Gasteiger partial charge in [-0.2, -0.15) is 0 Å². The number of nitro groups is 1. The minimum atomic E-state index is -0.405. The number of rotatable bonds is 3. The van der Waals surface area contributed by atoms with E-state index in [4.69, 9.17) is 5.73 Å². The molecule has 0 aromatic heterocycles. The van der Waals surface area contributed by atoms with E-state index in [2.05, 4.69) is 0 Å². The highest BCUT2D eigenvalue weighted by molar-refractivity contribution is 5.69. The van der Waals surface area contributed by atoms with Crippen LogP contribution in [0.4, 0.5) is 5.69 Å². The van der Waals surface area contributed by atoms with Crippen LogP contribution in [0.15, 0.2) is 42.5 Å². The Bertz CT molecular complexity index is 577. The summed E-state index contributed by atoms with van der Waals surface area (Å²) in [5.41, 5.74) is 9.67. The van der Waals surface area contributed by atoms with Crippen molar-refractivity contribution in [2.24, 2.45) is 5.73 Å². The molecule has 0 spiro atoms. The van der Waals surface area contributed by atoms with Crippen LogP contribution < -0.4 is 5.73 Å². The molecule has 0 radical (unpaired) electrons. The van der Waals surface area contributed by atoms with Gasteiger partial charge in [0.1, 0.15) is 0 Å². The van der Waals surface area contributed by atoms with Crippen molar-refractivity contribution in [1.29, 1.82) is 0 Å². The zero-order valence-corrected chi connectivity index (χ0v) is 10.1. The van der Waals surface area contributed by atoms with Crippen LogP contribution >= 0.6 is 0 Å². The average molecular weight is 242 g/mol. The molecule has 0 saturated carbocycles. The van der Waals surface area contributed by atoms with Gasteiger partial charge in [0.15, 0.2) is 0 Å². The quantitative estimate of drug-likeness (QED) is 0.664. The first-order valence-electron chi connectivity index (χ1n) is 5.66. The number of non-ortho nitro benzene ring substituents is 1. The van der Waals surface area contributed by atoms with Crippen molar-refractivity contribution in [2.45, 2.75) is 13.5 Å². The maximum Gasteiger partial charge on any atom is 0.269 e. The molecule has 2 rings (SSSR count). The van der Waals surface area contributed by atoms with Crippen molar-refractivity contribution in [3.05, 3.63) is 63.7 Å². The number of aryl methyl sites for hydroxylation is 1. The topological polar surface area (TPSA) is 69.2 Å². The van der Waals surface area contributed by atoms with Gasteiger partial charge >= 0.3 is 0 Å². The van der Waals surface area contributed by atoms with E-state index in [0.29, 0.717) is 0 Å². The number of nitro benzene ring substituents is 1. The second-order valence-electron chi connectivity index (χ2n) is 4.17. The molecule has 4 heteroatoms. The summed E-state index contributed by atoms with van der Waals surface area (Å²) in [5.74, 6) is 0. The summed E-state index contributed by atoms with van der Waals surface area (Å²) in [6, 6.07) is 12.8. The molecule has 0 amide bonds. The fourth-order valence-corrected chi connectivity index (χ4v) is 1.88. The smallest absolute Gasteiger partial charge is 0.269 e. The predicted octanol–water partition coefficient (Wildman–Crippen LogP) is 3.03. The molecule has 0 fully saturated rings. The first-order chi connectivity index (χ1) is 8.61. The van der Waals surface area contributed by atoms with Gasteiger partial charge in [0.05, 0.1) is 4.92 Å². The first-order valence-corrected chi connectivity index (χ1v) is 5.66. The van der Waals surface area contributed by atoms with Gasteiger partial charge in [0.2, 0.25) is 0 Å². The molecule has 92 valence electrons. The second-order valence-corrected chi connectivity index (χ2v) is 4.17. The molecule has 4 nitrogen and oxygen atoms in total. The van der Waals surface area contributed by atoms with Crippen LogP contribution in [0.5, 0.6) is 0 Å². The van der Waals surface area contributed by atoms with Crippen LogP contribution in [-0.2, 0) is 6.54 Å². The summed E-state index contributed by atoms with van der Waals surface area (Å²) < 4.78 is 0. The maximum atomic E-state index is 10.7.